The van der Waals surface area contributed by atoms with Crippen molar-refractivity contribution in [1.82, 2.24) is 4.72 Å². The van der Waals surface area contributed by atoms with Gasteiger partial charge in [0.05, 0.1) is 4.90 Å². The van der Waals surface area contributed by atoms with Crippen molar-refractivity contribution in [2.45, 2.75) is 4.90 Å². The normalized spacial score (nSPS) is 11.4. The summed E-state index contributed by atoms with van der Waals surface area (Å²) in [5.41, 5.74) is 2.03. The van der Waals surface area contributed by atoms with Crippen molar-refractivity contribution in [2.24, 2.45) is 0 Å². The Labute approximate surface area is 119 Å². The molecule has 4 heteroatoms. The molecule has 0 heterocycles. The van der Waals surface area contributed by atoms with Gasteiger partial charge in [0.1, 0.15) is 0 Å². The molecular weight excluding hydrogens is 270 g/mol. The van der Waals surface area contributed by atoms with Crippen molar-refractivity contribution in [3.63, 3.8) is 0 Å². The minimum absolute atomic E-state index is 0.228. The van der Waals surface area contributed by atoms with E-state index in [1.807, 2.05) is 30.3 Å². The van der Waals surface area contributed by atoms with Gasteiger partial charge in [0.2, 0.25) is 0 Å². The maximum atomic E-state index is 12.0. The molecule has 0 amide bonds. The summed E-state index contributed by atoms with van der Waals surface area (Å²) in [4.78, 5) is 0.228. The Morgan fingerprint density at radius 1 is 0.900 bits per heavy atom. The summed E-state index contributed by atoms with van der Waals surface area (Å²) in [5, 5.41) is 0. The lowest BCUT2D eigenvalue weighted by Crippen LogP contribution is -2.17. The summed E-state index contributed by atoms with van der Waals surface area (Å²) in [6.45, 7) is 3.48. The standard InChI is InChI=1S/C16H15NO2S/c1-2-3-13-17-20(18,19)16-11-9-15(10-12-16)14-7-5-4-6-8-14/h2-13,17H,1H2/b13-3+. The molecule has 0 aliphatic carbocycles. The topological polar surface area (TPSA) is 46.2 Å². The smallest absolute Gasteiger partial charge is 0.261 e. The summed E-state index contributed by atoms with van der Waals surface area (Å²) in [6.07, 6.45) is 4.37. The molecule has 0 aliphatic heterocycles. The third-order valence-electron chi connectivity index (χ3n) is 2.73. The first-order valence-corrected chi connectivity index (χ1v) is 7.57. The maximum Gasteiger partial charge on any atom is 0.261 e. The molecule has 0 saturated carbocycles. The highest BCUT2D eigenvalue weighted by Crippen LogP contribution is 2.20. The average molecular weight is 285 g/mol. The summed E-state index contributed by atoms with van der Waals surface area (Å²) in [7, 11) is -3.52. The fourth-order valence-corrected chi connectivity index (χ4v) is 2.61. The second kappa shape index (κ2) is 6.21. The quantitative estimate of drug-likeness (QED) is 0.856. The number of allylic oxidation sites excluding steroid dienone is 2. The van der Waals surface area contributed by atoms with E-state index in [0.29, 0.717) is 0 Å². The van der Waals surface area contributed by atoms with Gasteiger partial charge >= 0.3 is 0 Å². The van der Waals surface area contributed by atoms with Gasteiger partial charge in [0.15, 0.2) is 0 Å². The van der Waals surface area contributed by atoms with Crippen LogP contribution < -0.4 is 4.72 Å². The first-order valence-electron chi connectivity index (χ1n) is 6.09. The molecule has 2 aromatic carbocycles. The van der Waals surface area contributed by atoms with Crippen molar-refractivity contribution in [3.05, 3.63) is 79.5 Å². The van der Waals surface area contributed by atoms with Gasteiger partial charge in [-0.05, 0) is 29.3 Å². The zero-order valence-corrected chi connectivity index (χ0v) is 11.7. The number of sulfonamides is 1. The van der Waals surface area contributed by atoms with Crippen LogP contribution in [0.1, 0.15) is 0 Å². The van der Waals surface area contributed by atoms with E-state index in [1.54, 1.807) is 24.3 Å². The zero-order chi connectivity index (χ0) is 14.4. The molecule has 1 N–H and O–H groups in total. The molecular formula is C16H15NO2S. The maximum absolute atomic E-state index is 12.0. The van der Waals surface area contributed by atoms with E-state index in [9.17, 15) is 8.42 Å². The molecule has 3 nitrogen and oxygen atoms in total. The van der Waals surface area contributed by atoms with E-state index in [1.165, 1.54) is 18.4 Å². The second-order valence-corrected chi connectivity index (χ2v) is 5.82. The van der Waals surface area contributed by atoms with Crippen LogP contribution in [-0.4, -0.2) is 8.42 Å². The molecule has 2 aromatic rings. The predicted molar refractivity (Wildman–Crippen MR) is 81.5 cm³/mol. The highest BCUT2D eigenvalue weighted by molar-refractivity contribution is 7.89. The molecule has 0 aliphatic rings. The van der Waals surface area contributed by atoms with Crippen LogP contribution in [0.25, 0.3) is 11.1 Å². The van der Waals surface area contributed by atoms with E-state index >= 15 is 0 Å². The van der Waals surface area contributed by atoms with Crippen LogP contribution >= 0.6 is 0 Å². The largest absolute Gasteiger partial charge is 0.286 e. The minimum atomic E-state index is -3.52. The van der Waals surface area contributed by atoms with Gasteiger partial charge in [0.25, 0.3) is 10.0 Å². The number of nitrogens with one attached hydrogen (secondary N) is 1. The second-order valence-electron chi connectivity index (χ2n) is 4.11. The Kier molecular flexibility index (Phi) is 4.38. The van der Waals surface area contributed by atoms with Crippen molar-refractivity contribution < 1.29 is 8.42 Å². The lowest BCUT2D eigenvalue weighted by Gasteiger charge is -2.05. The molecule has 20 heavy (non-hydrogen) atoms. The first kappa shape index (κ1) is 14.1. The predicted octanol–water partition coefficient (Wildman–Crippen LogP) is 3.33. The summed E-state index contributed by atoms with van der Waals surface area (Å²) < 4.78 is 26.3. The van der Waals surface area contributed by atoms with Crippen molar-refractivity contribution >= 4 is 10.0 Å². The highest BCUT2D eigenvalue weighted by Gasteiger charge is 2.11. The van der Waals surface area contributed by atoms with Crippen LogP contribution in [0.5, 0.6) is 0 Å². The minimum Gasteiger partial charge on any atom is -0.286 e. The van der Waals surface area contributed by atoms with Gasteiger partial charge in [-0.3, -0.25) is 4.72 Å². The molecule has 0 spiro atoms. The lowest BCUT2D eigenvalue weighted by molar-refractivity contribution is 0.590. The third-order valence-corrected chi connectivity index (χ3v) is 4.07. The number of hydrogen-bond donors (Lipinski definition) is 1. The van der Waals surface area contributed by atoms with Crippen LogP contribution in [0.15, 0.2) is 84.4 Å². The molecule has 102 valence electrons. The average Bonchev–Trinajstić information content (AvgIpc) is 2.48. The van der Waals surface area contributed by atoms with Crippen LogP contribution in [-0.2, 0) is 10.0 Å². The van der Waals surface area contributed by atoms with E-state index in [2.05, 4.69) is 11.3 Å². The van der Waals surface area contributed by atoms with Crippen molar-refractivity contribution in [1.29, 1.82) is 0 Å². The number of hydrogen-bond acceptors (Lipinski definition) is 2. The van der Waals surface area contributed by atoms with Crippen LogP contribution in [0.4, 0.5) is 0 Å². The molecule has 0 aromatic heterocycles. The Morgan fingerprint density at radius 3 is 2.10 bits per heavy atom. The Morgan fingerprint density at radius 2 is 1.50 bits per heavy atom. The Hall–Kier alpha value is -2.33. The fourth-order valence-electron chi connectivity index (χ4n) is 1.72. The van der Waals surface area contributed by atoms with Gasteiger partial charge in [-0.1, -0.05) is 55.1 Å². The molecule has 0 unspecified atom stereocenters. The van der Waals surface area contributed by atoms with Crippen molar-refractivity contribution in [3.8, 4) is 11.1 Å². The fraction of sp³-hybridized carbons (Fsp3) is 0. The van der Waals surface area contributed by atoms with Gasteiger partial charge in [-0.15, -0.1) is 0 Å². The molecule has 0 fully saturated rings. The molecule has 0 atom stereocenters. The van der Waals surface area contributed by atoms with E-state index < -0.39 is 10.0 Å². The summed E-state index contributed by atoms with van der Waals surface area (Å²) in [6, 6.07) is 16.6. The Bertz CT molecular complexity index is 702. The zero-order valence-electron chi connectivity index (χ0n) is 10.9. The SMILES string of the molecule is C=C/C=C/NS(=O)(=O)c1ccc(-c2ccccc2)cc1. The number of benzene rings is 2. The van der Waals surface area contributed by atoms with E-state index in [4.69, 9.17) is 0 Å². The van der Waals surface area contributed by atoms with Gasteiger partial charge in [-0.25, -0.2) is 8.42 Å². The first-order chi connectivity index (χ1) is 9.63. The van der Waals surface area contributed by atoms with Crippen LogP contribution in [0, 0.1) is 0 Å². The molecule has 0 saturated heterocycles. The van der Waals surface area contributed by atoms with E-state index in [0.717, 1.165) is 11.1 Å². The lowest BCUT2D eigenvalue weighted by atomic mass is 10.1. The molecule has 0 radical (unpaired) electrons. The van der Waals surface area contributed by atoms with Gasteiger partial charge in [-0.2, -0.15) is 0 Å². The molecule has 0 bridgehead atoms. The van der Waals surface area contributed by atoms with Crippen LogP contribution in [0.2, 0.25) is 0 Å². The number of rotatable bonds is 5. The van der Waals surface area contributed by atoms with E-state index in [-0.39, 0.29) is 4.90 Å². The summed E-state index contributed by atoms with van der Waals surface area (Å²) >= 11 is 0. The molecule has 2 rings (SSSR count). The van der Waals surface area contributed by atoms with Crippen LogP contribution in [0.3, 0.4) is 0 Å². The highest BCUT2D eigenvalue weighted by atomic mass is 32.2. The van der Waals surface area contributed by atoms with Gasteiger partial charge in [0, 0.05) is 6.20 Å². The monoisotopic (exact) mass is 285 g/mol. The van der Waals surface area contributed by atoms with Crippen molar-refractivity contribution in [2.75, 3.05) is 0 Å². The Balaban J connectivity index is 2.24. The summed E-state index contributed by atoms with van der Waals surface area (Å²) in [5.74, 6) is 0. The van der Waals surface area contributed by atoms with Gasteiger partial charge < -0.3 is 0 Å². The third kappa shape index (κ3) is 3.36.